The molecule has 0 heterocycles. The summed E-state index contributed by atoms with van der Waals surface area (Å²) in [6, 6.07) is 4.73. The molecule has 0 fully saturated rings. The minimum atomic E-state index is -0.257. The Bertz CT molecular complexity index is 336. The van der Waals surface area contributed by atoms with E-state index >= 15 is 0 Å². The second kappa shape index (κ2) is 5.89. The lowest BCUT2D eigenvalue weighted by Crippen LogP contribution is -2.14. The van der Waals surface area contributed by atoms with E-state index < -0.39 is 0 Å². The molecule has 0 aliphatic carbocycles. The lowest BCUT2D eigenvalue weighted by atomic mass is 10.2. The van der Waals surface area contributed by atoms with Crippen molar-refractivity contribution in [2.24, 2.45) is 0 Å². The average Bonchev–Trinajstić information content (AvgIpc) is 2.15. The maximum Gasteiger partial charge on any atom is 0.129 e. The van der Waals surface area contributed by atoms with Crippen LogP contribution in [0.3, 0.4) is 0 Å². The van der Waals surface area contributed by atoms with E-state index in [-0.39, 0.29) is 5.82 Å². The maximum absolute atomic E-state index is 13.3. The van der Waals surface area contributed by atoms with Gasteiger partial charge in [-0.15, -0.1) is 0 Å². The number of hydrogen-bond acceptors (Lipinski definition) is 1. The van der Waals surface area contributed by atoms with Gasteiger partial charge < -0.3 is 5.32 Å². The zero-order valence-electron chi connectivity index (χ0n) is 8.98. The predicted molar refractivity (Wildman–Crippen MR) is 62.5 cm³/mol. The molecule has 0 spiro atoms. The highest BCUT2D eigenvalue weighted by atomic mass is 35.5. The fourth-order valence-corrected chi connectivity index (χ4v) is 1.40. The molecule has 3 heteroatoms. The molecule has 0 saturated carbocycles. The summed E-state index contributed by atoms with van der Waals surface area (Å²) in [7, 11) is 0. The van der Waals surface area contributed by atoms with Crippen molar-refractivity contribution in [1.29, 1.82) is 0 Å². The van der Waals surface area contributed by atoms with E-state index in [1.54, 1.807) is 12.1 Å². The van der Waals surface area contributed by atoms with E-state index in [9.17, 15) is 4.39 Å². The molecule has 0 aliphatic heterocycles. The molecule has 0 saturated heterocycles. The van der Waals surface area contributed by atoms with Crippen molar-refractivity contribution in [3.8, 4) is 0 Å². The minimum absolute atomic E-state index is 0.257. The normalized spacial score (nSPS) is 10.1. The van der Waals surface area contributed by atoms with E-state index in [2.05, 4.69) is 11.4 Å². The highest BCUT2D eigenvalue weighted by Gasteiger charge is 2.04. The number of nitrogens with one attached hydrogen (secondary N) is 1. The maximum atomic E-state index is 13.3. The van der Waals surface area contributed by atoms with Crippen molar-refractivity contribution in [3.63, 3.8) is 0 Å². The van der Waals surface area contributed by atoms with Gasteiger partial charge in [-0.2, -0.15) is 0 Å². The van der Waals surface area contributed by atoms with Crippen molar-refractivity contribution < 1.29 is 4.39 Å². The fourth-order valence-electron chi connectivity index (χ4n) is 1.17. The van der Waals surface area contributed by atoms with E-state index in [0.717, 1.165) is 6.54 Å². The molecule has 0 atom stereocenters. The number of benzene rings is 1. The summed E-state index contributed by atoms with van der Waals surface area (Å²) in [6.45, 7) is 5.23. The van der Waals surface area contributed by atoms with E-state index in [1.165, 1.54) is 11.6 Å². The van der Waals surface area contributed by atoms with Crippen LogP contribution in [0.5, 0.6) is 0 Å². The largest absolute Gasteiger partial charge is 0.309 e. The van der Waals surface area contributed by atoms with Gasteiger partial charge in [0.05, 0.1) is 0 Å². The van der Waals surface area contributed by atoms with Crippen LogP contribution in [0.4, 0.5) is 4.39 Å². The van der Waals surface area contributed by atoms with Crippen LogP contribution in [-0.2, 0) is 6.54 Å². The summed E-state index contributed by atoms with van der Waals surface area (Å²) < 4.78 is 13.3. The summed E-state index contributed by atoms with van der Waals surface area (Å²) in [5.74, 6) is -0.257. The third kappa shape index (κ3) is 4.02. The molecule has 0 radical (unpaired) electrons. The van der Waals surface area contributed by atoms with E-state index in [1.807, 2.05) is 13.8 Å². The van der Waals surface area contributed by atoms with Gasteiger partial charge in [0, 0.05) is 23.7 Å². The lowest BCUT2D eigenvalue weighted by molar-refractivity contribution is 0.596. The number of allylic oxidation sites excluding steroid dienone is 1. The van der Waals surface area contributed by atoms with Crippen LogP contribution in [0.15, 0.2) is 29.8 Å². The lowest BCUT2D eigenvalue weighted by Gasteiger charge is -2.06. The van der Waals surface area contributed by atoms with Gasteiger partial charge in [-0.1, -0.05) is 29.3 Å². The molecule has 0 aromatic heterocycles. The summed E-state index contributed by atoms with van der Waals surface area (Å²) >= 11 is 5.88. The molecule has 0 bridgehead atoms. The first kappa shape index (κ1) is 12.2. The quantitative estimate of drug-likeness (QED) is 0.613. The van der Waals surface area contributed by atoms with Crippen molar-refractivity contribution in [1.82, 2.24) is 5.32 Å². The summed E-state index contributed by atoms with van der Waals surface area (Å²) in [6.07, 6.45) is 2.05. The van der Waals surface area contributed by atoms with Crippen LogP contribution in [-0.4, -0.2) is 6.54 Å². The number of hydrogen-bond donors (Lipinski definition) is 1. The Balaban J connectivity index is 2.54. The Morgan fingerprint density at radius 3 is 2.80 bits per heavy atom. The highest BCUT2D eigenvalue weighted by molar-refractivity contribution is 6.31. The smallest absolute Gasteiger partial charge is 0.129 e. The Morgan fingerprint density at radius 1 is 1.47 bits per heavy atom. The minimum Gasteiger partial charge on any atom is -0.309 e. The molecular formula is C12H15ClFN. The molecule has 0 unspecified atom stereocenters. The first-order chi connectivity index (χ1) is 7.11. The van der Waals surface area contributed by atoms with Gasteiger partial charge in [-0.25, -0.2) is 4.39 Å². The highest BCUT2D eigenvalue weighted by Crippen LogP contribution is 2.18. The van der Waals surface area contributed by atoms with Gasteiger partial charge in [0.25, 0.3) is 0 Å². The second-order valence-corrected chi connectivity index (χ2v) is 4.02. The average molecular weight is 228 g/mol. The Hall–Kier alpha value is -0.860. The van der Waals surface area contributed by atoms with Crippen LogP contribution < -0.4 is 5.32 Å². The third-order valence-corrected chi connectivity index (χ3v) is 2.37. The molecule has 1 rings (SSSR count). The zero-order valence-corrected chi connectivity index (χ0v) is 9.74. The van der Waals surface area contributed by atoms with Crippen molar-refractivity contribution >= 4 is 11.6 Å². The SMILES string of the molecule is CC(C)=CCNCc1c(F)cccc1Cl. The summed E-state index contributed by atoms with van der Waals surface area (Å²) in [5.41, 5.74) is 1.77. The van der Waals surface area contributed by atoms with Crippen LogP contribution in [0, 0.1) is 5.82 Å². The van der Waals surface area contributed by atoms with Gasteiger partial charge in [0.2, 0.25) is 0 Å². The van der Waals surface area contributed by atoms with Gasteiger partial charge in [-0.3, -0.25) is 0 Å². The monoisotopic (exact) mass is 227 g/mol. The van der Waals surface area contributed by atoms with Gasteiger partial charge in [0.1, 0.15) is 5.82 Å². The van der Waals surface area contributed by atoms with Crippen molar-refractivity contribution in [3.05, 3.63) is 46.3 Å². The first-order valence-electron chi connectivity index (χ1n) is 4.88. The standard InChI is InChI=1S/C12H15ClFN/c1-9(2)6-7-15-8-10-11(13)4-3-5-12(10)14/h3-6,15H,7-8H2,1-2H3. The summed E-state index contributed by atoms with van der Waals surface area (Å²) in [5, 5.41) is 3.59. The molecule has 15 heavy (non-hydrogen) atoms. The fraction of sp³-hybridized carbons (Fsp3) is 0.333. The van der Waals surface area contributed by atoms with Crippen LogP contribution >= 0.6 is 11.6 Å². The van der Waals surface area contributed by atoms with Gasteiger partial charge in [-0.05, 0) is 26.0 Å². The Labute approximate surface area is 95.0 Å². The molecule has 1 aromatic rings. The molecule has 1 aromatic carbocycles. The van der Waals surface area contributed by atoms with E-state index in [0.29, 0.717) is 17.1 Å². The molecular weight excluding hydrogens is 213 g/mol. The summed E-state index contributed by atoms with van der Waals surface area (Å²) in [4.78, 5) is 0. The molecule has 0 aliphatic rings. The third-order valence-electron chi connectivity index (χ3n) is 2.02. The van der Waals surface area contributed by atoms with Crippen molar-refractivity contribution in [2.75, 3.05) is 6.54 Å². The Morgan fingerprint density at radius 2 is 2.20 bits per heavy atom. The number of rotatable bonds is 4. The topological polar surface area (TPSA) is 12.0 Å². The molecule has 0 amide bonds. The molecule has 82 valence electrons. The van der Waals surface area contributed by atoms with Gasteiger partial charge in [0.15, 0.2) is 0 Å². The van der Waals surface area contributed by atoms with Crippen LogP contribution in [0.25, 0.3) is 0 Å². The number of halogens is 2. The first-order valence-corrected chi connectivity index (χ1v) is 5.26. The van der Waals surface area contributed by atoms with Crippen LogP contribution in [0.1, 0.15) is 19.4 Å². The van der Waals surface area contributed by atoms with Crippen LogP contribution in [0.2, 0.25) is 5.02 Å². The Kier molecular flexibility index (Phi) is 4.79. The predicted octanol–water partition coefficient (Wildman–Crippen LogP) is 3.53. The van der Waals surface area contributed by atoms with Gasteiger partial charge >= 0.3 is 0 Å². The molecule has 1 N–H and O–H groups in total. The van der Waals surface area contributed by atoms with Crippen molar-refractivity contribution in [2.45, 2.75) is 20.4 Å². The second-order valence-electron chi connectivity index (χ2n) is 3.61. The van der Waals surface area contributed by atoms with E-state index in [4.69, 9.17) is 11.6 Å². The zero-order chi connectivity index (χ0) is 11.3. The molecule has 1 nitrogen and oxygen atoms in total.